The number of rotatable bonds is 11. The summed E-state index contributed by atoms with van der Waals surface area (Å²) in [6.07, 6.45) is 1.15. The number of anilines is 2. The van der Waals surface area contributed by atoms with Crippen molar-refractivity contribution in [2.75, 3.05) is 44.6 Å². The maximum atomic E-state index is 13.7. The van der Waals surface area contributed by atoms with Gasteiger partial charge in [0, 0.05) is 52.1 Å². The molecule has 186 valence electrons. The van der Waals surface area contributed by atoms with Gasteiger partial charge in [-0.3, -0.25) is 9.59 Å². The highest BCUT2D eigenvalue weighted by Gasteiger charge is 2.25. The van der Waals surface area contributed by atoms with E-state index in [1.54, 1.807) is 7.11 Å². The van der Waals surface area contributed by atoms with Gasteiger partial charge in [0.15, 0.2) is 0 Å². The standard InChI is InChI=1S/C28H41N3O3/c1-8-24(21-12-10-9-11-13-21)27(33)31(16-17-34-7)20-22-18-23(14-15-25(22)30(5)6)29-26(32)19-28(2,3)4/h9-15,18,24H,8,16-17,19-20H2,1-7H3,(H,29,32). The normalized spacial score (nSPS) is 12.2. The van der Waals surface area contributed by atoms with Crippen molar-refractivity contribution in [3.63, 3.8) is 0 Å². The second-order valence-electron chi connectivity index (χ2n) is 10.1. The van der Waals surface area contributed by atoms with Gasteiger partial charge >= 0.3 is 0 Å². The number of hydrogen-bond acceptors (Lipinski definition) is 4. The Labute approximate surface area is 205 Å². The van der Waals surface area contributed by atoms with Gasteiger partial charge in [0.05, 0.1) is 12.5 Å². The van der Waals surface area contributed by atoms with E-state index in [9.17, 15) is 9.59 Å². The van der Waals surface area contributed by atoms with Crippen molar-refractivity contribution in [1.29, 1.82) is 0 Å². The first-order valence-corrected chi connectivity index (χ1v) is 12.0. The molecule has 0 bridgehead atoms. The largest absolute Gasteiger partial charge is 0.383 e. The molecule has 0 aliphatic rings. The summed E-state index contributed by atoms with van der Waals surface area (Å²) < 4.78 is 5.32. The number of carbonyl (C=O) groups excluding carboxylic acids is 2. The summed E-state index contributed by atoms with van der Waals surface area (Å²) in [5.74, 6) is -0.147. The quantitative estimate of drug-likeness (QED) is 0.487. The molecule has 0 heterocycles. The van der Waals surface area contributed by atoms with Crippen LogP contribution < -0.4 is 10.2 Å². The summed E-state index contributed by atoms with van der Waals surface area (Å²) in [7, 11) is 5.61. The zero-order chi connectivity index (χ0) is 25.3. The molecule has 0 spiro atoms. The minimum atomic E-state index is -0.212. The van der Waals surface area contributed by atoms with Gasteiger partial charge in [0.2, 0.25) is 11.8 Å². The monoisotopic (exact) mass is 467 g/mol. The fourth-order valence-electron chi connectivity index (χ4n) is 4.05. The zero-order valence-electron chi connectivity index (χ0n) is 21.9. The van der Waals surface area contributed by atoms with E-state index in [1.807, 2.05) is 100 Å². The lowest BCUT2D eigenvalue weighted by Gasteiger charge is -2.29. The topological polar surface area (TPSA) is 61.9 Å². The first kappa shape index (κ1) is 27.4. The predicted octanol–water partition coefficient (Wildman–Crippen LogP) is 5.30. The Morgan fingerprint density at radius 3 is 2.29 bits per heavy atom. The molecule has 0 radical (unpaired) electrons. The van der Waals surface area contributed by atoms with Crippen LogP contribution in [0.3, 0.4) is 0 Å². The van der Waals surface area contributed by atoms with Gasteiger partial charge in [-0.1, -0.05) is 58.0 Å². The second kappa shape index (κ2) is 12.6. The average Bonchev–Trinajstić information content (AvgIpc) is 2.76. The molecule has 0 aromatic heterocycles. The first-order chi connectivity index (χ1) is 16.1. The SMILES string of the molecule is CCC(C(=O)N(CCOC)Cc1cc(NC(=O)CC(C)(C)C)ccc1N(C)C)c1ccccc1. The van der Waals surface area contributed by atoms with Crippen LogP contribution in [0.1, 0.15) is 57.6 Å². The fourth-order valence-corrected chi connectivity index (χ4v) is 4.05. The third-order valence-corrected chi connectivity index (χ3v) is 5.68. The van der Waals surface area contributed by atoms with E-state index in [0.717, 1.165) is 28.9 Å². The van der Waals surface area contributed by atoms with Crippen LogP contribution in [0.4, 0.5) is 11.4 Å². The molecule has 0 aliphatic carbocycles. The van der Waals surface area contributed by atoms with Crippen molar-refractivity contribution in [2.24, 2.45) is 5.41 Å². The summed E-state index contributed by atoms with van der Waals surface area (Å²) in [6.45, 7) is 9.56. The molecular formula is C28H41N3O3. The number of nitrogens with zero attached hydrogens (tertiary/aromatic N) is 2. The van der Waals surface area contributed by atoms with Crippen LogP contribution in [0.5, 0.6) is 0 Å². The number of methoxy groups -OCH3 is 1. The molecule has 2 rings (SSSR count). The molecular weight excluding hydrogens is 426 g/mol. The molecule has 1 N–H and O–H groups in total. The van der Waals surface area contributed by atoms with Crippen LogP contribution >= 0.6 is 0 Å². The number of carbonyl (C=O) groups is 2. The van der Waals surface area contributed by atoms with E-state index in [-0.39, 0.29) is 23.1 Å². The summed E-state index contributed by atoms with van der Waals surface area (Å²) >= 11 is 0. The van der Waals surface area contributed by atoms with Crippen molar-refractivity contribution in [3.8, 4) is 0 Å². The van der Waals surface area contributed by atoms with Crippen LogP contribution in [0.2, 0.25) is 0 Å². The zero-order valence-corrected chi connectivity index (χ0v) is 21.9. The van der Waals surface area contributed by atoms with E-state index in [1.165, 1.54) is 0 Å². The van der Waals surface area contributed by atoms with Gasteiger partial charge in [0.25, 0.3) is 0 Å². The van der Waals surface area contributed by atoms with Crippen molar-refractivity contribution in [2.45, 2.75) is 53.0 Å². The molecule has 2 aromatic carbocycles. The number of benzene rings is 2. The van der Waals surface area contributed by atoms with Crippen molar-refractivity contribution in [3.05, 3.63) is 59.7 Å². The third kappa shape index (κ3) is 8.17. The summed E-state index contributed by atoms with van der Waals surface area (Å²) in [5, 5.41) is 3.02. The van der Waals surface area contributed by atoms with Crippen LogP contribution in [-0.2, 0) is 20.9 Å². The van der Waals surface area contributed by atoms with E-state index in [2.05, 4.69) is 5.32 Å². The van der Waals surface area contributed by atoms with E-state index < -0.39 is 0 Å². The third-order valence-electron chi connectivity index (χ3n) is 5.68. The molecule has 0 fully saturated rings. The predicted molar refractivity (Wildman–Crippen MR) is 140 cm³/mol. The summed E-state index contributed by atoms with van der Waals surface area (Å²) in [6, 6.07) is 15.8. The van der Waals surface area contributed by atoms with Crippen LogP contribution in [0.15, 0.2) is 48.5 Å². The minimum Gasteiger partial charge on any atom is -0.383 e. The smallest absolute Gasteiger partial charge is 0.230 e. The second-order valence-corrected chi connectivity index (χ2v) is 10.1. The number of hydrogen-bond donors (Lipinski definition) is 1. The lowest BCUT2D eigenvalue weighted by atomic mass is 9.92. The van der Waals surface area contributed by atoms with E-state index in [0.29, 0.717) is 26.1 Å². The number of ether oxygens (including phenoxy) is 1. The molecule has 2 aromatic rings. The minimum absolute atomic E-state index is 0.0153. The average molecular weight is 468 g/mol. The van der Waals surface area contributed by atoms with Crippen LogP contribution in [-0.4, -0.2) is 51.1 Å². The molecule has 0 aliphatic heterocycles. The number of amides is 2. The van der Waals surface area contributed by atoms with Crippen molar-refractivity contribution < 1.29 is 14.3 Å². The van der Waals surface area contributed by atoms with Gasteiger partial charge in [-0.2, -0.15) is 0 Å². The maximum Gasteiger partial charge on any atom is 0.230 e. The highest BCUT2D eigenvalue weighted by molar-refractivity contribution is 5.91. The Balaban J connectivity index is 2.34. The Kier molecular flexibility index (Phi) is 10.1. The highest BCUT2D eigenvalue weighted by atomic mass is 16.5. The fraction of sp³-hybridized carbons (Fsp3) is 0.500. The van der Waals surface area contributed by atoms with E-state index >= 15 is 0 Å². The summed E-state index contributed by atoms with van der Waals surface area (Å²) in [5.41, 5.74) is 3.66. The van der Waals surface area contributed by atoms with Crippen molar-refractivity contribution in [1.82, 2.24) is 4.90 Å². The Morgan fingerprint density at radius 1 is 1.06 bits per heavy atom. The van der Waals surface area contributed by atoms with Gasteiger partial charge < -0.3 is 19.9 Å². The molecule has 6 heteroatoms. The molecule has 0 saturated carbocycles. The Hall–Kier alpha value is -2.86. The van der Waals surface area contributed by atoms with Crippen molar-refractivity contribution >= 4 is 23.2 Å². The molecule has 1 unspecified atom stereocenters. The Bertz CT molecular complexity index is 936. The van der Waals surface area contributed by atoms with Gasteiger partial charge in [-0.05, 0) is 41.2 Å². The highest BCUT2D eigenvalue weighted by Crippen LogP contribution is 2.28. The van der Waals surface area contributed by atoms with Gasteiger partial charge in [-0.25, -0.2) is 0 Å². The molecule has 6 nitrogen and oxygen atoms in total. The summed E-state index contributed by atoms with van der Waals surface area (Å²) in [4.78, 5) is 30.1. The van der Waals surface area contributed by atoms with Crippen LogP contribution in [0, 0.1) is 5.41 Å². The molecule has 34 heavy (non-hydrogen) atoms. The van der Waals surface area contributed by atoms with E-state index in [4.69, 9.17) is 4.74 Å². The maximum absolute atomic E-state index is 13.7. The van der Waals surface area contributed by atoms with Gasteiger partial charge in [-0.15, -0.1) is 0 Å². The molecule has 2 amide bonds. The molecule has 1 atom stereocenters. The van der Waals surface area contributed by atoms with Crippen LogP contribution in [0.25, 0.3) is 0 Å². The lowest BCUT2D eigenvalue weighted by molar-refractivity contribution is -0.134. The number of nitrogens with one attached hydrogen (secondary N) is 1. The lowest BCUT2D eigenvalue weighted by Crippen LogP contribution is -2.37. The Morgan fingerprint density at radius 2 is 1.74 bits per heavy atom. The van der Waals surface area contributed by atoms with Gasteiger partial charge in [0.1, 0.15) is 0 Å². The first-order valence-electron chi connectivity index (χ1n) is 12.0. The molecule has 0 saturated heterocycles.